The molecule has 2 aliphatic rings. The summed E-state index contributed by atoms with van der Waals surface area (Å²) in [6.07, 6.45) is 1.26. The van der Waals surface area contributed by atoms with Crippen LogP contribution in [0.4, 0.5) is 17.1 Å². The number of hydrogen-bond acceptors (Lipinski definition) is 5. The van der Waals surface area contributed by atoms with Gasteiger partial charge in [0, 0.05) is 37.5 Å². The number of Topliss-reactive ketones (excluding diaryl/α,β-unsaturated/α-hetero) is 1. The Morgan fingerprint density at radius 1 is 0.879 bits per heavy atom. The molecule has 168 valence electrons. The lowest BCUT2D eigenvalue weighted by molar-refractivity contribution is -0.116. The molecule has 0 radical (unpaired) electrons. The van der Waals surface area contributed by atoms with E-state index in [0.717, 1.165) is 51.6 Å². The van der Waals surface area contributed by atoms with Crippen molar-refractivity contribution >= 4 is 22.8 Å². The summed E-state index contributed by atoms with van der Waals surface area (Å²) >= 11 is 0. The van der Waals surface area contributed by atoms with Gasteiger partial charge in [-0.3, -0.25) is 4.79 Å². The number of ketones is 1. The van der Waals surface area contributed by atoms with Gasteiger partial charge < -0.3 is 20.3 Å². The Bertz CT molecular complexity index is 1210. The van der Waals surface area contributed by atoms with Crippen molar-refractivity contribution in [3.63, 3.8) is 0 Å². The first kappa shape index (κ1) is 21.1. The summed E-state index contributed by atoms with van der Waals surface area (Å²) in [6, 6.07) is 24.5. The molecule has 2 atom stereocenters. The van der Waals surface area contributed by atoms with E-state index >= 15 is 0 Å². The van der Waals surface area contributed by atoms with Crippen LogP contribution in [0.25, 0.3) is 0 Å². The van der Waals surface area contributed by atoms with E-state index in [-0.39, 0.29) is 17.7 Å². The summed E-state index contributed by atoms with van der Waals surface area (Å²) in [5.41, 5.74) is 7.18. The predicted molar refractivity (Wildman–Crippen MR) is 134 cm³/mol. The SMILES string of the molecule is COc1cccc(C2CC(=O)C3=C(C2)Nc2ccccc2NC3c2ccc(N(C)C)cc2)c1. The predicted octanol–water partition coefficient (Wildman–Crippen LogP) is 5.74. The number of carbonyl (C=O) groups excluding carboxylic acids is 1. The summed E-state index contributed by atoms with van der Waals surface area (Å²) in [6.45, 7) is 0. The quantitative estimate of drug-likeness (QED) is 0.543. The second kappa shape index (κ2) is 8.66. The number of benzene rings is 3. The van der Waals surface area contributed by atoms with E-state index < -0.39 is 0 Å². The number of carbonyl (C=O) groups is 1. The summed E-state index contributed by atoms with van der Waals surface area (Å²) < 4.78 is 5.42. The first-order valence-corrected chi connectivity index (χ1v) is 11.3. The van der Waals surface area contributed by atoms with Gasteiger partial charge in [-0.05, 0) is 59.9 Å². The molecule has 2 unspecified atom stereocenters. The van der Waals surface area contributed by atoms with Crippen molar-refractivity contribution in [1.29, 1.82) is 0 Å². The molecule has 5 nitrogen and oxygen atoms in total. The number of hydrogen-bond donors (Lipinski definition) is 2. The number of para-hydroxylation sites is 2. The van der Waals surface area contributed by atoms with E-state index in [4.69, 9.17) is 4.74 Å². The van der Waals surface area contributed by atoms with Crippen LogP contribution in [0, 0.1) is 0 Å². The van der Waals surface area contributed by atoms with Crippen molar-refractivity contribution < 1.29 is 9.53 Å². The molecule has 3 aromatic rings. The Hall–Kier alpha value is -3.73. The molecule has 33 heavy (non-hydrogen) atoms. The smallest absolute Gasteiger partial charge is 0.163 e. The Kier molecular flexibility index (Phi) is 5.55. The van der Waals surface area contributed by atoms with Crippen LogP contribution in [0.3, 0.4) is 0 Å². The highest BCUT2D eigenvalue weighted by Gasteiger charge is 2.36. The number of fused-ring (bicyclic) bond motifs is 1. The van der Waals surface area contributed by atoms with E-state index in [0.29, 0.717) is 6.42 Å². The molecule has 3 aromatic carbocycles. The minimum Gasteiger partial charge on any atom is -0.497 e. The van der Waals surface area contributed by atoms with Crippen molar-refractivity contribution in [1.82, 2.24) is 0 Å². The molecule has 0 bridgehead atoms. The van der Waals surface area contributed by atoms with Crippen LogP contribution >= 0.6 is 0 Å². The molecule has 1 aliphatic heterocycles. The van der Waals surface area contributed by atoms with Crippen molar-refractivity contribution in [2.45, 2.75) is 24.8 Å². The van der Waals surface area contributed by atoms with Crippen molar-refractivity contribution in [2.24, 2.45) is 0 Å². The van der Waals surface area contributed by atoms with Crippen LogP contribution in [-0.4, -0.2) is 27.0 Å². The number of rotatable bonds is 4. The van der Waals surface area contributed by atoms with E-state index in [1.165, 1.54) is 0 Å². The van der Waals surface area contributed by atoms with Crippen LogP contribution in [0.2, 0.25) is 0 Å². The standard InChI is InChI=1S/C28H29N3O2/c1-31(2)21-13-11-18(12-14-21)28-27-25(29-23-9-4-5-10-24(23)30-28)16-20(17-26(27)32)19-7-6-8-22(15-19)33-3/h4-15,20,28-30H,16-17H2,1-3H3. The Balaban J connectivity index is 1.57. The molecule has 2 N–H and O–H groups in total. The van der Waals surface area contributed by atoms with E-state index in [1.807, 2.05) is 44.4 Å². The molecule has 0 fully saturated rings. The zero-order valence-corrected chi connectivity index (χ0v) is 19.3. The number of allylic oxidation sites excluding steroid dienone is 1. The molecule has 0 amide bonds. The second-order valence-corrected chi connectivity index (χ2v) is 8.93. The van der Waals surface area contributed by atoms with Gasteiger partial charge in [0.2, 0.25) is 0 Å². The normalized spacial score (nSPS) is 19.5. The summed E-state index contributed by atoms with van der Waals surface area (Å²) in [7, 11) is 5.74. The maximum Gasteiger partial charge on any atom is 0.163 e. The van der Waals surface area contributed by atoms with Crippen LogP contribution in [-0.2, 0) is 4.79 Å². The van der Waals surface area contributed by atoms with Gasteiger partial charge in [-0.15, -0.1) is 0 Å². The van der Waals surface area contributed by atoms with Crippen molar-refractivity contribution in [3.05, 3.63) is 95.2 Å². The van der Waals surface area contributed by atoms with E-state index in [1.54, 1.807) is 7.11 Å². The fraction of sp³-hybridized carbons (Fsp3) is 0.250. The molecule has 0 aromatic heterocycles. The van der Waals surface area contributed by atoms with Crippen LogP contribution < -0.4 is 20.3 Å². The number of nitrogens with one attached hydrogen (secondary N) is 2. The average Bonchev–Trinajstić information content (AvgIpc) is 3.01. The summed E-state index contributed by atoms with van der Waals surface area (Å²) in [5, 5.41) is 7.26. The third-order valence-corrected chi connectivity index (χ3v) is 6.62. The van der Waals surface area contributed by atoms with Gasteiger partial charge in [-0.1, -0.05) is 36.4 Å². The Morgan fingerprint density at radius 3 is 2.36 bits per heavy atom. The van der Waals surface area contributed by atoms with Gasteiger partial charge in [-0.25, -0.2) is 0 Å². The van der Waals surface area contributed by atoms with Gasteiger partial charge in [0.05, 0.1) is 24.5 Å². The molecule has 5 rings (SSSR count). The monoisotopic (exact) mass is 439 g/mol. The van der Waals surface area contributed by atoms with Gasteiger partial charge in [0.15, 0.2) is 5.78 Å². The molecule has 0 saturated heterocycles. The average molecular weight is 440 g/mol. The fourth-order valence-electron chi connectivity index (χ4n) is 4.84. The zero-order chi connectivity index (χ0) is 22.9. The lowest BCUT2D eigenvalue weighted by Gasteiger charge is -2.30. The third-order valence-electron chi connectivity index (χ3n) is 6.62. The highest BCUT2D eigenvalue weighted by Crippen LogP contribution is 2.44. The first-order valence-electron chi connectivity index (χ1n) is 11.3. The first-order chi connectivity index (χ1) is 16.0. The lowest BCUT2D eigenvalue weighted by atomic mass is 9.78. The molecule has 1 aliphatic carbocycles. The zero-order valence-electron chi connectivity index (χ0n) is 19.3. The molecular formula is C28H29N3O2. The van der Waals surface area contributed by atoms with Crippen LogP contribution in [0.5, 0.6) is 5.75 Å². The van der Waals surface area contributed by atoms with Crippen LogP contribution in [0.15, 0.2) is 84.1 Å². The Morgan fingerprint density at radius 2 is 1.64 bits per heavy atom. The Labute approximate surface area is 195 Å². The van der Waals surface area contributed by atoms with Gasteiger partial charge in [0.1, 0.15) is 5.75 Å². The van der Waals surface area contributed by atoms with Gasteiger partial charge in [-0.2, -0.15) is 0 Å². The number of anilines is 3. The molecule has 5 heteroatoms. The molecule has 0 saturated carbocycles. The fourth-order valence-corrected chi connectivity index (χ4v) is 4.84. The van der Waals surface area contributed by atoms with Crippen molar-refractivity contribution in [3.8, 4) is 5.75 Å². The minimum absolute atomic E-state index is 0.112. The maximum absolute atomic E-state index is 13.7. The largest absolute Gasteiger partial charge is 0.497 e. The lowest BCUT2D eigenvalue weighted by Crippen LogP contribution is -2.27. The van der Waals surface area contributed by atoms with Crippen molar-refractivity contribution in [2.75, 3.05) is 36.7 Å². The number of ether oxygens (including phenoxy) is 1. The number of methoxy groups -OCH3 is 1. The minimum atomic E-state index is -0.203. The highest BCUT2D eigenvalue weighted by molar-refractivity contribution is 6.01. The third kappa shape index (κ3) is 4.07. The highest BCUT2D eigenvalue weighted by atomic mass is 16.5. The van der Waals surface area contributed by atoms with E-state index in [9.17, 15) is 4.79 Å². The molecule has 1 heterocycles. The summed E-state index contributed by atoms with van der Waals surface area (Å²) in [5.74, 6) is 1.11. The number of nitrogens with zero attached hydrogens (tertiary/aromatic N) is 1. The van der Waals surface area contributed by atoms with E-state index in [2.05, 4.69) is 58.0 Å². The maximum atomic E-state index is 13.7. The summed E-state index contributed by atoms with van der Waals surface area (Å²) in [4.78, 5) is 15.7. The van der Waals surface area contributed by atoms with Gasteiger partial charge >= 0.3 is 0 Å². The van der Waals surface area contributed by atoms with Crippen LogP contribution in [0.1, 0.15) is 35.9 Å². The molecule has 0 spiro atoms. The molecular weight excluding hydrogens is 410 g/mol. The second-order valence-electron chi connectivity index (χ2n) is 8.93. The topological polar surface area (TPSA) is 53.6 Å². The van der Waals surface area contributed by atoms with Gasteiger partial charge in [0.25, 0.3) is 0 Å².